The standard InChI is InChI=1S/C31H34FN3O2.C26H26FN3O/c1-21(2)29(22-8-4-3-5-9-22)30(23-11-14-25(15-12-23)36-19-17-33)24-13-16-27-26(20-24)31(32)34-35(27)28-10-6-7-18-37-28;1-17(2)24(18-6-4-3-5-7-18)25(19-8-11-21(12-9-19)31-15-14-28)20-10-13-23-22(16-20)26(27)30-29-23/h3-5,8-9,11-16,20-21,28H,6-7,10,17-19,33H2,1-2H3;3-13,16-17H,14-15,28H2,1-2H3,(H,29,30)/b30-29+;25-24+. The summed E-state index contributed by atoms with van der Waals surface area (Å²) in [7, 11) is 0. The topological polar surface area (TPSA) is 126 Å². The summed E-state index contributed by atoms with van der Waals surface area (Å²) in [6.45, 7) is 11.3. The Labute approximate surface area is 397 Å². The van der Waals surface area contributed by atoms with E-state index in [2.05, 4.69) is 97.6 Å². The highest BCUT2D eigenvalue weighted by Crippen LogP contribution is 2.41. The van der Waals surface area contributed by atoms with Gasteiger partial charge in [-0.2, -0.15) is 13.9 Å². The van der Waals surface area contributed by atoms with E-state index in [4.69, 9.17) is 25.7 Å². The number of allylic oxidation sites excluding steroid dienone is 2. The molecule has 9 nitrogen and oxygen atoms in total. The molecule has 1 aliphatic heterocycles. The van der Waals surface area contributed by atoms with E-state index < -0.39 is 11.9 Å². The molecule has 1 fully saturated rings. The van der Waals surface area contributed by atoms with E-state index in [0.717, 1.165) is 80.8 Å². The van der Waals surface area contributed by atoms with Gasteiger partial charge in [0, 0.05) is 19.7 Å². The predicted octanol–water partition coefficient (Wildman–Crippen LogP) is 12.5. The Morgan fingerprint density at radius 2 is 1.13 bits per heavy atom. The van der Waals surface area contributed by atoms with Gasteiger partial charge >= 0.3 is 0 Å². The Bertz CT molecular complexity index is 2970. The Morgan fingerprint density at radius 3 is 1.62 bits per heavy atom. The van der Waals surface area contributed by atoms with Crippen molar-refractivity contribution in [3.63, 3.8) is 0 Å². The number of nitrogens with two attached hydrogens (primary N) is 2. The zero-order valence-electron chi connectivity index (χ0n) is 39.2. The largest absolute Gasteiger partial charge is 0.492 e. The highest BCUT2D eigenvalue weighted by atomic mass is 19.1. The van der Waals surface area contributed by atoms with E-state index in [9.17, 15) is 4.39 Å². The van der Waals surface area contributed by atoms with Crippen molar-refractivity contribution >= 4 is 44.1 Å². The van der Waals surface area contributed by atoms with Gasteiger partial charge < -0.3 is 25.7 Å². The molecule has 350 valence electrons. The maximum atomic E-state index is 15.2. The second-order valence-corrected chi connectivity index (χ2v) is 17.5. The van der Waals surface area contributed by atoms with Crippen LogP contribution in [0.3, 0.4) is 0 Å². The van der Waals surface area contributed by atoms with Gasteiger partial charge in [0.2, 0.25) is 11.9 Å². The second kappa shape index (κ2) is 22.3. The van der Waals surface area contributed by atoms with Gasteiger partial charge in [0.05, 0.1) is 21.8 Å². The highest BCUT2D eigenvalue weighted by Gasteiger charge is 2.24. The number of H-pyrrole nitrogens is 1. The van der Waals surface area contributed by atoms with Gasteiger partial charge in [-0.3, -0.25) is 5.10 Å². The average Bonchev–Trinajstić information content (AvgIpc) is 3.92. The van der Waals surface area contributed by atoms with Gasteiger partial charge in [-0.1, -0.05) is 125 Å². The maximum Gasteiger partial charge on any atom is 0.240 e. The zero-order valence-corrected chi connectivity index (χ0v) is 39.2. The van der Waals surface area contributed by atoms with E-state index in [1.165, 1.54) is 11.1 Å². The Kier molecular flexibility index (Phi) is 15.6. The van der Waals surface area contributed by atoms with Crippen LogP contribution in [0.15, 0.2) is 146 Å². The average molecular weight is 915 g/mol. The Hall–Kier alpha value is -6.92. The quantitative estimate of drug-likeness (QED) is 0.0874. The maximum absolute atomic E-state index is 15.2. The molecule has 68 heavy (non-hydrogen) atoms. The van der Waals surface area contributed by atoms with E-state index >= 15 is 4.39 Å². The predicted molar refractivity (Wildman–Crippen MR) is 271 cm³/mol. The van der Waals surface area contributed by atoms with E-state index in [1.807, 2.05) is 91.0 Å². The van der Waals surface area contributed by atoms with Crippen LogP contribution in [0.2, 0.25) is 0 Å². The molecule has 0 radical (unpaired) electrons. The van der Waals surface area contributed by atoms with Crippen LogP contribution in [-0.4, -0.2) is 52.9 Å². The van der Waals surface area contributed by atoms with Crippen LogP contribution in [0.4, 0.5) is 8.78 Å². The molecule has 0 aliphatic carbocycles. The monoisotopic (exact) mass is 914 g/mol. The lowest BCUT2D eigenvalue weighted by Gasteiger charge is -2.23. The molecule has 0 bridgehead atoms. The third-order valence-electron chi connectivity index (χ3n) is 12.1. The van der Waals surface area contributed by atoms with Gasteiger partial charge in [0.15, 0.2) is 6.23 Å². The number of aromatic nitrogens is 4. The summed E-state index contributed by atoms with van der Waals surface area (Å²) < 4.78 is 48.5. The lowest BCUT2D eigenvalue weighted by Crippen LogP contribution is -2.19. The van der Waals surface area contributed by atoms with Crippen molar-refractivity contribution in [2.75, 3.05) is 32.9 Å². The first-order chi connectivity index (χ1) is 33.1. The van der Waals surface area contributed by atoms with Gasteiger partial charge in [0.25, 0.3) is 0 Å². The van der Waals surface area contributed by atoms with Crippen molar-refractivity contribution in [3.8, 4) is 11.5 Å². The molecule has 0 saturated carbocycles. The Morgan fingerprint density at radius 1 is 0.632 bits per heavy atom. The molecule has 3 heterocycles. The molecule has 1 unspecified atom stereocenters. The summed E-state index contributed by atoms with van der Waals surface area (Å²) in [4.78, 5) is 0. The lowest BCUT2D eigenvalue weighted by molar-refractivity contribution is -0.0375. The number of nitrogens with zero attached hydrogens (tertiary/aromatic N) is 3. The van der Waals surface area contributed by atoms with Crippen LogP contribution in [-0.2, 0) is 4.74 Å². The number of ether oxygens (including phenoxy) is 3. The van der Waals surface area contributed by atoms with Crippen LogP contribution in [0.1, 0.15) is 86.6 Å². The lowest BCUT2D eigenvalue weighted by atomic mass is 9.84. The number of nitrogens with one attached hydrogen (secondary N) is 1. The van der Waals surface area contributed by atoms with E-state index in [-0.39, 0.29) is 18.1 Å². The second-order valence-electron chi connectivity index (χ2n) is 17.5. The summed E-state index contributed by atoms with van der Waals surface area (Å²) in [5, 5.41) is 11.7. The van der Waals surface area contributed by atoms with Crippen molar-refractivity contribution in [1.82, 2.24) is 20.0 Å². The van der Waals surface area contributed by atoms with Crippen LogP contribution >= 0.6 is 0 Å². The summed E-state index contributed by atoms with van der Waals surface area (Å²) in [5.41, 5.74) is 23.3. The molecule has 1 aliphatic rings. The fourth-order valence-electron chi connectivity index (χ4n) is 9.04. The number of benzene rings is 6. The van der Waals surface area contributed by atoms with Crippen LogP contribution in [0.25, 0.3) is 44.1 Å². The minimum Gasteiger partial charge on any atom is -0.492 e. The molecule has 8 aromatic rings. The number of halogens is 2. The first kappa shape index (κ1) is 47.6. The van der Waals surface area contributed by atoms with Crippen molar-refractivity contribution in [1.29, 1.82) is 0 Å². The minimum atomic E-state index is -0.471. The highest BCUT2D eigenvalue weighted by molar-refractivity contribution is 6.02. The molecular weight excluding hydrogens is 855 g/mol. The molecule has 5 N–H and O–H groups in total. The smallest absolute Gasteiger partial charge is 0.240 e. The SMILES string of the molecule is CC(C)/C(=C(/c1ccc(OCCN)cc1)c1ccc2c(c1)c(F)nn2C1CCCCO1)c1ccccc1.CC(C)/C(=C(/c1ccc(OCCN)cc1)c1ccc2n[nH]c(F)c2c1)c1ccccc1. The van der Waals surface area contributed by atoms with Gasteiger partial charge in [-0.15, -0.1) is 5.10 Å². The first-order valence-electron chi connectivity index (χ1n) is 23.5. The molecule has 1 atom stereocenters. The summed E-state index contributed by atoms with van der Waals surface area (Å²) in [5.74, 6) is 1.12. The zero-order chi connectivity index (χ0) is 47.6. The number of rotatable bonds is 15. The number of aromatic amines is 1. The summed E-state index contributed by atoms with van der Waals surface area (Å²) in [6.07, 6.45) is 2.70. The van der Waals surface area contributed by atoms with Crippen LogP contribution in [0, 0.1) is 23.7 Å². The molecule has 2 aromatic heterocycles. The first-order valence-corrected chi connectivity index (χ1v) is 23.5. The fraction of sp³-hybridized carbons (Fsp3) is 0.263. The van der Waals surface area contributed by atoms with Gasteiger partial charge in [-0.25, -0.2) is 4.68 Å². The number of fused-ring (bicyclic) bond motifs is 2. The van der Waals surface area contributed by atoms with Crippen LogP contribution < -0.4 is 20.9 Å². The summed E-state index contributed by atoms with van der Waals surface area (Å²) in [6, 6.07) is 48.4. The molecule has 11 heteroatoms. The number of hydrogen-bond donors (Lipinski definition) is 3. The normalized spacial score (nSPS) is 14.7. The third kappa shape index (κ3) is 10.8. The molecule has 6 aromatic carbocycles. The molecule has 0 amide bonds. The van der Waals surface area contributed by atoms with Crippen molar-refractivity contribution in [3.05, 3.63) is 191 Å². The molecule has 1 saturated heterocycles. The van der Waals surface area contributed by atoms with Crippen molar-refractivity contribution in [2.45, 2.75) is 53.2 Å². The van der Waals surface area contributed by atoms with Gasteiger partial charge in [0.1, 0.15) is 24.7 Å². The number of hydrogen-bond acceptors (Lipinski definition) is 7. The van der Waals surface area contributed by atoms with E-state index in [0.29, 0.717) is 49.2 Å². The van der Waals surface area contributed by atoms with Crippen LogP contribution in [0.5, 0.6) is 11.5 Å². The van der Waals surface area contributed by atoms with Crippen molar-refractivity contribution in [2.24, 2.45) is 23.3 Å². The molecule has 0 spiro atoms. The summed E-state index contributed by atoms with van der Waals surface area (Å²) >= 11 is 0. The molecule has 9 rings (SSSR count). The minimum absolute atomic E-state index is 0.224. The van der Waals surface area contributed by atoms with Gasteiger partial charge in [-0.05, 0) is 135 Å². The Balaban J connectivity index is 0.000000187. The molecular formula is C57H60F2N6O3. The fourth-order valence-corrected chi connectivity index (χ4v) is 9.04. The van der Waals surface area contributed by atoms with Crippen molar-refractivity contribution < 1.29 is 23.0 Å². The van der Waals surface area contributed by atoms with E-state index in [1.54, 1.807) is 4.68 Å². The third-order valence-corrected chi connectivity index (χ3v) is 12.1.